The Morgan fingerprint density at radius 3 is 2.48 bits per heavy atom. The highest BCUT2D eigenvalue weighted by Gasteiger charge is 2.17. The van der Waals surface area contributed by atoms with Crippen LogP contribution in [0.5, 0.6) is 5.75 Å². The van der Waals surface area contributed by atoms with Gasteiger partial charge in [0.25, 0.3) is 0 Å². The average Bonchev–Trinajstić information content (AvgIpc) is 3.16. The second kappa shape index (κ2) is 9.31. The van der Waals surface area contributed by atoms with Crippen molar-refractivity contribution in [1.82, 2.24) is 15.5 Å². The Balaban J connectivity index is 1.54. The number of rotatable bonds is 6. The summed E-state index contributed by atoms with van der Waals surface area (Å²) in [5.74, 6) is -0.678. The number of halogens is 1. The van der Waals surface area contributed by atoms with Gasteiger partial charge in [-0.15, -0.1) is 10.2 Å². The standard InChI is InChI=1S/C20H17ClN4O3S/c1-12(22-17(27)11-4-13-2-9-16(26)10-3-13)18(28)23-20-25-24-19(29-20)14-5-7-15(21)8-6-14/h2-12,26H,1H3,(H,22,27)(H,23,25,28)/b11-4+/t12-/m1/s1. The van der Waals surface area contributed by atoms with Gasteiger partial charge in [0, 0.05) is 16.7 Å². The molecular weight excluding hydrogens is 412 g/mol. The molecule has 3 rings (SSSR count). The topological polar surface area (TPSA) is 104 Å². The summed E-state index contributed by atoms with van der Waals surface area (Å²) in [6, 6.07) is 12.7. The zero-order valence-corrected chi connectivity index (χ0v) is 16.9. The highest BCUT2D eigenvalue weighted by atomic mass is 35.5. The predicted octanol–water partition coefficient (Wildman–Crippen LogP) is 3.72. The molecule has 3 aromatic rings. The number of phenolic OH excluding ortho intramolecular Hbond substituents is 1. The first-order valence-corrected chi connectivity index (χ1v) is 9.78. The second-order valence-corrected chi connectivity index (χ2v) is 7.48. The summed E-state index contributed by atoms with van der Waals surface area (Å²) in [5.41, 5.74) is 1.59. The minimum atomic E-state index is -0.769. The van der Waals surface area contributed by atoms with E-state index in [0.29, 0.717) is 15.2 Å². The number of aromatic hydroxyl groups is 1. The Kier molecular flexibility index (Phi) is 6.58. The quantitative estimate of drug-likeness (QED) is 0.519. The molecule has 0 saturated carbocycles. The second-order valence-electron chi connectivity index (χ2n) is 6.06. The van der Waals surface area contributed by atoms with Gasteiger partial charge in [-0.1, -0.05) is 47.2 Å². The highest BCUT2D eigenvalue weighted by molar-refractivity contribution is 7.18. The van der Waals surface area contributed by atoms with Crippen molar-refractivity contribution in [3.05, 3.63) is 65.2 Å². The first-order chi connectivity index (χ1) is 13.9. The summed E-state index contributed by atoms with van der Waals surface area (Å²) in [4.78, 5) is 24.3. The molecule has 1 atom stereocenters. The molecule has 1 aromatic heterocycles. The Bertz CT molecular complexity index is 1030. The van der Waals surface area contributed by atoms with Crippen LogP contribution in [0.4, 0.5) is 5.13 Å². The van der Waals surface area contributed by atoms with Crippen LogP contribution in [0.3, 0.4) is 0 Å². The summed E-state index contributed by atoms with van der Waals surface area (Å²) < 4.78 is 0. The lowest BCUT2D eigenvalue weighted by Gasteiger charge is -2.11. The van der Waals surface area contributed by atoms with Crippen molar-refractivity contribution in [1.29, 1.82) is 0 Å². The van der Waals surface area contributed by atoms with Crippen molar-refractivity contribution >= 4 is 46.0 Å². The van der Waals surface area contributed by atoms with Gasteiger partial charge in [0.1, 0.15) is 16.8 Å². The molecule has 0 bridgehead atoms. The molecule has 0 spiro atoms. The van der Waals surface area contributed by atoms with Crippen LogP contribution in [0, 0.1) is 0 Å². The van der Waals surface area contributed by atoms with Crippen molar-refractivity contribution in [2.75, 3.05) is 5.32 Å². The van der Waals surface area contributed by atoms with Gasteiger partial charge in [0.15, 0.2) is 0 Å². The Morgan fingerprint density at radius 2 is 1.79 bits per heavy atom. The number of carbonyl (C=O) groups excluding carboxylic acids is 2. The van der Waals surface area contributed by atoms with Crippen LogP contribution in [0.1, 0.15) is 12.5 Å². The lowest BCUT2D eigenvalue weighted by Crippen LogP contribution is -2.40. The number of amides is 2. The van der Waals surface area contributed by atoms with E-state index in [1.54, 1.807) is 37.3 Å². The summed E-state index contributed by atoms with van der Waals surface area (Å²) in [6.07, 6.45) is 2.91. The maximum atomic E-state index is 12.3. The van der Waals surface area contributed by atoms with Crippen molar-refractivity contribution in [2.45, 2.75) is 13.0 Å². The molecule has 0 aliphatic heterocycles. The average molecular weight is 429 g/mol. The number of benzene rings is 2. The molecule has 9 heteroatoms. The third-order valence-corrected chi connectivity index (χ3v) is 4.96. The number of nitrogens with one attached hydrogen (secondary N) is 2. The van der Waals surface area contributed by atoms with Gasteiger partial charge in [-0.25, -0.2) is 0 Å². The first kappa shape index (κ1) is 20.5. The van der Waals surface area contributed by atoms with E-state index in [0.717, 1.165) is 11.1 Å². The van der Waals surface area contributed by atoms with Gasteiger partial charge in [0.2, 0.25) is 16.9 Å². The van der Waals surface area contributed by atoms with Crippen molar-refractivity contribution in [3.63, 3.8) is 0 Å². The molecule has 148 valence electrons. The Morgan fingerprint density at radius 1 is 1.10 bits per heavy atom. The number of anilines is 1. The van der Waals surface area contributed by atoms with Gasteiger partial charge < -0.3 is 10.4 Å². The molecule has 2 amide bonds. The molecule has 0 radical (unpaired) electrons. The summed E-state index contributed by atoms with van der Waals surface area (Å²) in [5, 5.41) is 24.1. The number of hydrogen-bond acceptors (Lipinski definition) is 6. The number of hydrogen-bond donors (Lipinski definition) is 3. The summed E-state index contributed by atoms with van der Waals surface area (Å²) >= 11 is 7.09. The van der Waals surface area contributed by atoms with Crippen LogP contribution < -0.4 is 10.6 Å². The fraction of sp³-hybridized carbons (Fsp3) is 0.100. The molecule has 1 heterocycles. The molecule has 0 unspecified atom stereocenters. The largest absolute Gasteiger partial charge is 0.508 e. The molecule has 0 saturated heterocycles. The van der Waals surface area contributed by atoms with Gasteiger partial charge in [-0.2, -0.15) is 0 Å². The van der Waals surface area contributed by atoms with Crippen molar-refractivity contribution < 1.29 is 14.7 Å². The molecular formula is C20H17ClN4O3S. The fourth-order valence-electron chi connectivity index (χ4n) is 2.28. The molecule has 0 aliphatic rings. The van der Waals surface area contributed by atoms with Gasteiger partial charge in [0.05, 0.1) is 0 Å². The van der Waals surface area contributed by atoms with Crippen molar-refractivity contribution in [3.8, 4) is 16.3 Å². The van der Waals surface area contributed by atoms with E-state index in [9.17, 15) is 14.7 Å². The molecule has 7 nitrogen and oxygen atoms in total. The van der Waals surface area contributed by atoms with Crippen LogP contribution in [-0.2, 0) is 9.59 Å². The molecule has 29 heavy (non-hydrogen) atoms. The van der Waals surface area contributed by atoms with E-state index in [1.807, 2.05) is 12.1 Å². The summed E-state index contributed by atoms with van der Waals surface area (Å²) in [7, 11) is 0. The first-order valence-electron chi connectivity index (χ1n) is 8.58. The molecule has 0 aliphatic carbocycles. The normalized spacial score (nSPS) is 11.9. The highest BCUT2D eigenvalue weighted by Crippen LogP contribution is 2.27. The van der Waals surface area contributed by atoms with Gasteiger partial charge in [-0.3, -0.25) is 14.9 Å². The minimum Gasteiger partial charge on any atom is -0.508 e. The van der Waals surface area contributed by atoms with E-state index >= 15 is 0 Å². The zero-order valence-electron chi connectivity index (χ0n) is 15.3. The number of aromatic nitrogens is 2. The van der Waals surface area contributed by atoms with E-state index in [1.165, 1.54) is 29.5 Å². The summed E-state index contributed by atoms with van der Waals surface area (Å²) in [6.45, 7) is 1.57. The predicted molar refractivity (Wildman–Crippen MR) is 114 cm³/mol. The molecule has 2 aromatic carbocycles. The number of nitrogens with zero attached hydrogens (tertiary/aromatic N) is 2. The number of carbonyl (C=O) groups is 2. The lowest BCUT2D eigenvalue weighted by molar-refractivity contribution is -0.123. The maximum Gasteiger partial charge on any atom is 0.248 e. The number of phenols is 1. The molecule has 0 fully saturated rings. The van der Waals surface area contributed by atoms with E-state index in [4.69, 9.17) is 11.6 Å². The Labute approximate surface area is 176 Å². The van der Waals surface area contributed by atoms with E-state index in [-0.39, 0.29) is 5.75 Å². The third-order valence-electron chi connectivity index (χ3n) is 3.82. The SMILES string of the molecule is C[C@@H](NC(=O)/C=C/c1ccc(O)cc1)C(=O)Nc1nnc(-c2ccc(Cl)cc2)s1. The van der Waals surface area contributed by atoms with Crippen LogP contribution in [-0.4, -0.2) is 33.2 Å². The fourth-order valence-corrected chi connectivity index (χ4v) is 3.16. The Hall–Kier alpha value is -3.23. The zero-order chi connectivity index (χ0) is 20.8. The van der Waals surface area contributed by atoms with Crippen LogP contribution >= 0.6 is 22.9 Å². The van der Waals surface area contributed by atoms with Crippen LogP contribution in [0.15, 0.2) is 54.6 Å². The molecule has 3 N–H and O–H groups in total. The van der Waals surface area contributed by atoms with E-state index < -0.39 is 17.9 Å². The lowest BCUT2D eigenvalue weighted by atomic mass is 10.2. The van der Waals surface area contributed by atoms with Crippen LogP contribution in [0.25, 0.3) is 16.6 Å². The van der Waals surface area contributed by atoms with Crippen LogP contribution in [0.2, 0.25) is 5.02 Å². The van der Waals surface area contributed by atoms with Crippen molar-refractivity contribution in [2.24, 2.45) is 0 Å². The maximum absolute atomic E-state index is 12.3. The van der Waals surface area contributed by atoms with Gasteiger partial charge in [-0.05, 0) is 42.8 Å². The minimum absolute atomic E-state index is 0.146. The third kappa shape index (κ3) is 5.87. The smallest absolute Gasteiger partial charge is 0.248 e. The van der Waals surface area contributed by atoms with Gasteiger partial charge >= 0.3 is 0 Å². The van der Waals surface area contributed by atoms with E-state index in [2.05, 4.69) is 20.8 Å². The monoisotopic (exact) mass is 428 g/mol.